The van der Waals surface area contributed by atoms with Gasteiger partial charge in [-0.05, 0) is 74.6 Å². The molecule has 0 radical (unpaired) electrons. The Bertz CT molecular complexity index is 1180. The van der Waals surface area contributed by atoms with Crippen LogP contribution in [0.5, 0.6) is 0 Å². The molecule has 1 aromatic heterocycles. The summed E-state index contributed by atoms with van der Waals surface area (Å²) in [7, 11) is 1.85. The van der Waals surface area contributed by atoms with E-state index >= 15 is 0 Å². The first-order valence-electron chi connectivity index (χ1n) is 12.8. The Balaban J connectivity index is 1.63. The van der Waals surface area contributed by atoms with Gasteiger partial charge in [-0.2, -0.15) is 0 Å². The Kier molecular flexibility index (Phi) is 7.79. The maximum atomic E-state index is 12.6. The molecule has 3 aromatic rings. The molecular weight excluding hydrogens is 438 g/mol. The molecule has 0 saturated heterocycles. The van der Waals surface area contributed by atoms with E-state index in [9.17, 15) is 9.59 Å². The van der Waals surface area contributed by atoms with Crippen molar-refractivity contribution in [2.24, 2.45) is 5.92 Å². The number of anilines is 2. The Morgan fingerprint density at radius 1 is 1.06 bits per heavy atom. The minimum atomic E-state index is -0.0877. The molecule has 2 amide bonds. The van der Waals surface area contributed by atoms with Gasteiger partial charge in [-0.15, -0.1) is 0 Å². The molecule has 2 aromatic carbocycles. The highest BCUT2D eigenvalue weighted by Crippen LogP contribution is 2.41. The molecule has 4 rings (SSSR count). The monoisotopic (exact) mass is 475 g/mol. The van der Waals surface area contributed by atoms with E-state index in [0.717, 1.165) is 59.5 Å². The molecule has 0 spiro atoms. The van der Waals surface area contributed by atoms with Gasteiger partial charge in [0.2, 0.25) is 5.91 Å². The summed E-state index contributed by atoms with van der Waals surface area (Å²) in [6, 6.07) is 13.6. The molecule has 1 atom stereocenters. The third-order valence-corrected chi connectivity index (χ3v) is 7.06. The number of amides is 2. The predicted octanol–water partition coefficient (Wildman–Crippen LogP) is 6.92. The number of hydrogen-bond donors (Lipinski definition) is 2. The van der Waals surface area contributed by atoms with E-state index in [4.69, 9.17) is 4.42 Å². The molecule has 0 bridgehead atoms. The maximum Gasteiger partial charge on any atom is 0.253 e. The van der Waals surface area contributed by atoms with Crippen LogP contribution in [-0.2, 0) is 4.79 Å². The molecule has 1 unspecified atom stereocenters. The minimum absolute atomic E-state index is 0.0382. The molecule has 1 heterocycles. The summed E-state index contributed by atoms with van der Waals surface area (Å²) in [5, 5.41) is 7.64. The third-order valence-electron chi connectivity index (χ3n) is 7.06. The number of nitrogens with zero attached hydrogens (tertiary/aromatic N) is 1. The fraction of sp³-hybridized carbons (Fsp3) is 0.448. The molecule has 1 fully saturated rings. The number of rotatable bonds is 8. The van der Waals surface area contributed by atoms with Crippen LogP contribution in [0.2, 0.25) is 0 Å². The van der Waals surface area contributed by atoms with Crippen LogP contribution >= 0.6 is 0 Å². The first-order valence-corrected chi connectivity index (χ1v) is 12.8. The summed E-state index contributed by atoms with van der Waals surface area (Å²) in [5.41, 5.74) is 4.38. The number of fused-ring (bicyclic) bond motifs is 1. The average molecular weight is 476 g/mol. The van der Waals surface area contributed by atoms with Crippen LogP contribution in [0.4, 0.5) is 11.4 Å². The van der Waals surface area contributed by atoms with Crippen LogP contribution in [-0.4, -0.2) is 30.3 Å². The van der Waals surface area contributed by atoms with Gasteiger partial charge in [0.15, 0.2) is 0 Å². The zero-order chi connectivity index (χ0) is 24.9. The molecule has 6 nitrogen and oxygen atoms in total. The number of hydrogen-bond acceptors (Lipinski definition) is 4. The van der Waals surface area contributed by atoms with Crippen LogP contribution in [0.3, 0.4) is 0 Å². The third kappa shape index (κ3) is 5.69. The Labute approximate surface area is 208 Å². The summed E-state index contributed by atoms with van der Waals surface area (Å²) < 4.78 is 6.43. The molecule has 186 valence electrons. The molecule has 2 N–H and O–H groups in total. The van der Waals surface area contributed by atoms with Crippen molar-refractivity contribution < 1.29 is 14.0 Å². The normalized spacial score (nSPS) is 15.1. The maximum absolute atomic E-state index is 12.6. The lowest BCUT2D eigenvalue weighted by molar-refractivity contribution is -0.114. The van der Waals surface area contributed by atoms with Gasteiger partial charge in [-0.1, -0.05) is 26.2 Å². The van der Waals surface area contributed by atoms with Crippen LogP contribution in [0.25, 0.3) is 11.0 Å². The second kappa shape index (κ2) is 11.0. The second-order valence-electron chi connectivity index (χ2n) is 9.81. The Morgan fingerprint density at radius 3 is 2.40 bits per heavy atom. The summed E-state index contributed by atoms with van der Waals surface area (Å²) in [6.45, 7) is 6.43. The number of nitrogens with one attached hydrogen (secondary N) is 2. The van der Waals surface area contributed by atoms with Crippen molar-refractivity contribution in [2.45, 2.75) is 65.3 Å². The molecule has 0 aliphatic heterocycles. The molecule has 1 aliphatic rings. The molecule has 1 aliphatic carbocycles. The number of aryl methyl sites for hydroxylation is 1. The van der Waals surface area contributed by atoms with Crippen molar-refractivity contribution in [3.63, 3.8) is 0 Å². The van der Waals surface area contributed by atoms with E-state index < -0.39 is 0 Å². The first-order chi connectivity index (χ1) is 16.9. The minimum Gasteiger partial charge on any atom is -0.459 e. The van der Waals surface area contributed by atoms with Crippen LogP contribution in [0.1, 0.15) is 80.1 Å². The van der Waals surface area contributed by atoms with Crippen LogP contribution < -0.4 is 10.6 Å². The van der Waals surface area contributed by atoms with Crippen molar-refractivity contribution in [3.8, 4) is 0 Å². The van der Waals surface area contributed by atoms with E-state index in [1.54, 1.807) is 4.90 Å². The van der Waals surface area contributed by atoms with Crippen molar-refractivity contribution >= 4 is 34.2 Å². The smallest absolute Gasteiger partial charge is 0.253 e. The summed E-state index contributed by atoms with van der Waals surface area (Å²) in [5.74, 6) is 1.38. The van der Waals surface area contributed by atoms with Gasteiger partial charge < -0.3 is 20.0 Å². The van der Waals surface area contributed by atoms with Crippen molar-refractivity contribution in [2.75, 3.05) is 24.2 Å². The van der Waals surface area contributed by atoms with Gasteiger partial charge in [0.25, 0.3) is 5.91 Å². The fourth-order valence-corrected chi connectivity index (χ4v) is 5.23. The number of benzene rings is 2. The van der Waals surface area contributed by atoms with Gasteiger partial charge in [0, 0.05) is 48.4 Å². The first kappa shape index (κ1) is 24.8. The van der Waals surface area contributed by atoms with Crippen LogP contribution in [0.15, 0.2) is 46.9 Å². The summed E-state index contributed by atoms with van der Waals surface area (Å²) >= 11 is 0. The van der Waals surface area contributed by atoms with Crippen molar-refractivity contribution in [3.05, 3.63) is 59.4 Å². The lowest BCUT2D eigenvalue weighted by Crippen LogP contribution is -2.27. The van der Waals surface area contributed by atoms with E-state index in [2.05, 4.69) is 24.5 Å². The zero-order valence-electron chi connectivity index (χ0n) is 21.3. The highest BCUT2D eigenvalue weighted by molar-refractivity contribution is 5.94. The van der Waals surface area contributed by atoms with E-state index in [1.165, 1.54) is 26.2 Å². The highest BCUT2D eigenvalue weighted by Gasteiger charge is 2.30. The number of carbonyl (C=O) groups is 2. The number of furan rings is 1. The summed E-state index contributed by atoms with van der Waals surface area (Å²) in [6.07, 6.45) is 6.99. The van der Waals surface area contributed by atoms with Gasteiger partial charge >= 0.3 is 0 Å². The van der Waals surface area contributed by atoms with E-state index in [-0.39, 0.29) is 17.9 Å². The molecule has 6 heteroatoms. The number of carbonyl (C=O) groups excluding carboxylic acids is 2. The van der Waals surface area contributed by atoms with E-state index in [1.807, 2.05) is 49.5 Å². The topological polar surface area (TPSA) is 74.6 Å². The summed E-state index contributed by atoms with van der Waals surface area (Å²) in [4.78, 5) is 25.9. The quantitative estimate of drug-likeness (QED) is 0.371. The zero-order valence-corrected chi connectivity index (χ0v) is 21.3. The van der Waals surface area contributed by atoms with Gasteiger partial charge in [0.05, 0.1) is 6.04 Å². The van der Waals surface area contributed by atoms with Crippen molar-refractivity contribution in [1.82, 2.24) is 4.90 Å². The SMILES string of the molecule is CCCN(C)C(=O)c1ccc(NC(c2oc3ccc(NC(C)=O)cc3c2C)C2CCCCC2)cc1. The van der Waals surface area contributed by atoms with Crippen LogP contribution in [0, 0.1) is 12.8 Å². The largest absolute Gasteiger partial charge is 0.459 e. The van der Waals surface area contributed by atoms with Gasteiger partial charge in [-0.3, -0.25) is 9.59 Å². The lowest BCUT2D eigenvalue weighted by atomic mass is 9.82. The second-order valence-corrected chi connectivity index (χ2v) is 9.81. The highest BCUT2D eigenvalue weighted by atomic mass is 16.3. The lowest BCUT2D eigenvalue weighted by Gasteiger charge is -2.31. The van der Waals surface area contributed by atoms with Gasteiger partial charge in [0.1, 0.15) is 11.3 Å². The van der Waals surface area contributed by atoms with Gasteiger partial charge in [-0.25, -0.2) is 0 Å². The fourth-order valence-electron chi connectivity index (χ4n) is 5.23. The average Bonchev–Trinajstić information content (AvgIpc) is 3.18. The van der Waals surface area contributed by atoms with E-state index in [0.29, 0.717) is 11.5 Å². The molecule has 1 saturated carbocycles. The Hall–Kier alpha value is -3.28. The predicted molar refractivity (Wildman–Crippen MR) is 142 cm³/mol. The van der Waals surface area contributed by atoms with Crippen molar-refractivity contribution in [1.29, 1.82) is 0 Å². The Morgan fingerprint density at radius 2 is 1.74 bits per heavy atom. The molecular formula is C29H37N3O3. The molecule has 35 heavy (non-hydrogen) atoms. The standard InChI is InChI=1S/C29H37N3O3/c1-5-17-32(4)29(34)22-11-13-23(14-12-22)31-27(21-9-7-6-8-10-21)28-19(2)25-18-24(30-20(3)33)15-16-26(25)35-28/h11-16,18,21,27,31H,5-10,17H2,1-4H3,(H,30,33).